The highest BCUT2D eigenvalue weighted by Gasteiger charge is 2.17. The number of rotatable bonds is 7. The third-order valence-electron chi connectivity index (χ3n) is 5.21. The first-order valence-electron chi connectivity index (χ1n) is 9.71. The van der Waals surface area contributed by atoms with Gasteiger partial charge in [0.25, 0.3) is 11.8 Å². The van der Waals surface area contributed by atoms with E-state index in [1.807, 2.05) is 52.1 Å². The Hall–Kier alpha value is -2.66. The summed E-state index contributed by atoms with van der Waals surface area (Å²) in [6.07, 6.45) is 0. The summed E-state index contributed by atoms with van der Waals surface area (Å²) in [7, 11) is 1.85. The minimum Gasteiger partial charge on any atom is -0.345 e. The Labute approximate surface area is 168 Å². The number of carbonyl (C=O) groups is 2. The average molecular weight is 383 g/mol. The summed E-state index contributed by atoms with van der Waals surface area (Å²) < 4.78 is 0. The van der Waals surface area contributed by atoms with E-state index in [2.05, 4.69) is 36.6 Å². The molecule has 2 amide bonds. The topological polar surface area (TPSA) is 62.6 Å². The van der Waals surface area contributed by atoms with Crippen LogP contribution in [0.2, 0.25) is 0 Å². The summed E-state index contributed by atoms with van der Waals surface area (Å²) in [6.45, 7) is 10.6. The molecule has 0 aliphatic carbocycles. The van der Waals surface area contributed by atoms with Crippen LogP contribution in [0.5, 0.6) is 0 Å². The number of hydrogen-bond acceptors (Lipinski definition) is 2. The Morgan fingerprint density at radius 1 is 0.929 bits per heavy atom. The first kappa shape index (κ1) is 21.6. The Morgan fingerprint density at radius 3 is 2.29 bits per heavy atom. The zero-order valence-electron chi connectivity index (χ0n) is 17.8. The van der Waals surface area contributed by atoms with Crippen LogP contribution in [0.25, 0.3) is 0 Å². The lowest BCUT2D eigenvalue weighted by Crippen LogP contribution is -3.11. The van der Waals surface area contributed by atoms with Crippen molar-refractivity contribution in [2.24, 2.45) is 0 Å². The lowest BCUT2D eigenvalue weighted by Gasteiger charge is -2.18. The van der Waals surface area contributed by atoms with Gasteiger partial charge in [0.15, 0.2) is 13.1 Å². The smallest absolute Gasteiger partial charge is 0.279 e. The predicted molar refractivity (Wildman–Crippen MR) is 114 cm³/mol. The van der Waals surface area contributed by atoms with Crippen molar-refractivity contribution in [1.29, 1.82) is 0 Å². The van der Waals surface area contributed by atoms with Gasteiger partial charge in [-0.3, -0.25) is 9.59 Å². The van der Waals surface area contributed by atoms with Gasteiger partial charge in [-0.25, -0.2) is 0 Å². The third-order valence-corrected chi connectivity index (χ3v) is 5.21. The standard InChI is InChI=1S/C23H31N3O2/c1-15-10-11-20(12-17(15)3)19(5)24-22(27)13-26(6)14-23(28)25-21-9-7-8-16(2)18(21)4/h7-12,19H,13-14H2,1-6H3,(H,24,27)(H,25,28)/p+1/t19-/m0/s1. The minimum atomic E-state index is -0.0961. The third kappa shape index (κ3) is 5.92. The van der Waals surface area contributed by atoms with E-state index in [0.717, 1.165) is 27.3 Å². The molecule has 5 heteroatoms. The van der Waals surface area contributed by atoms with Gasteiger partial charge in [0.1, 0.15) is 0 Å². The minimum absolute atomic E-state index is 0.0663. The number of aryl methyl sites for hydroxylation is 3. The highest BCUT2D eigenvalue weighted by molar-refractivity contribution is 5.92. The normalized spacial score (nSPS) is 12.9. The Balaban J connectivity index is 1.85. The van der Waals surface area contributed by atoms with E-state index < -0.39 is 0 Å². The molecule has 0 spiro atoms. The van der Waals surface area contributed by atoms with Crippen molar-refractivity contribution in [3.63, 3.8) is 0 Å². The van der Waals surface area contributed by atoms with Gasteiger partial charge in [0.2, 0.25) is 0 Å². The monoisotopic (exact) mass is 382 g/mol. The second-order valence-corrected chi connectivity index (χ2v) is 7.74. The van der Waals surface area contributed by atoms with E-state index in [0.29, 0.717) is 0 Å². The van der Waals surface area contributed by atoms with Crippen LogP contribution in [-0.4, -0.2) is 32.0 Å². The number of anilines is 1. The van der Waals surface area contributed by atoms with Gasteiger partial charge in [-0.2, -0.15) is 0 Å². The summed E-state index contributed by atoms with van der Waals surface area (Å²) in [5.41, 5.74) is 6.56. The van der Waals surface area contributed by atoms with Crippen LogP contribution in [0, 0.1) is 27.7 Å². The van der Waals surface area contributed by atoms with Crippen LogP contribution >= 0.6 is 0 Å². The number of carbonyl (C=O) groups excluding carboxylic acids is 2. The molecular weight excluding hydrogens is 350 g/mol. The van der Waals surface area contributed by atoms with Crippen molar-refractivity contribution in [2.75, 3.05) is 25.5 Å². The summed E-state index contributed by atoms with van der Waals surface area (Å²) in [4.78, 5) is 25.5. The number of likely N-dealkylation sites (N-methyl/N-ethyl adjacent to an activating group) is 1. The first-order valence-corrected chi connectivity index (χ1v) is 9.71. The van der Waals surface area contributed by atoms with E-state index in [4.69, 9.17) is 0 Å². The van der Waals surface area contributed by atoms with Crippen LogP contribution in [0.1, 0.15) is 40.8 Å². The maximum Gasteiger partial charge on any atom is 0.279 e. The SMILES string of the molecule is Cc1ccc([C@H](C)NC(=O)C[NH+](C)CC(=O)Nc2cccc(C)c2C)cc1C. The molecule has 0 radical (unpaired) electrons. The fourth-order valence-electron chi connectivity index (χ4n) is 3.10. The molecule has 2 aromatic carbocycles. The van der Waals surface area contributed by atoms with Gasteiger partial charge >= 0.3 is 0 Å². The first-order chi connectivity index (χ1) is 13.2. The molecule has 0 bridgehead atoms. The molecule has 0 aliphatic rings. The van der Waals surface area contributed by atoms with Crippen LogP contribution in [0.4, 0.5) is 5.69 Å². The maximum absolute atomic E-state index is 12.4. The quantitative estimate of drug-likeness (QED) is 0.688. The van der Waals surface area contributed by atoms with E-state index >= 15 is 0 Å². The zero-order valence-corrected chi connectivity index (χ0v) is 17.8. The van der Waals surface area contributed by atoms with Crippen LogP contribution in [0.15, 0.2) is 36.4 Å². The molecule has 0 aromatic heterocycles. The molecule has 3 N–H and O–H groups in total. The van der Waals surface area contributed by atoms with Gasteiger partial charge in [0.05, 0.1) is 13.1 Å². The number of amides is 2. The van der Waals surface area contributed by atoms with Gasteiger partial charge in [-0.1, -0.05) is 30.3 Å². The van der Waals surface area contributed by atoms with Crippen LogP contribution in [0.3, 0.4) is 0 Å². The van der Waals surface area contributed by atoms with Gasteiger partial charge in [-0.15, -0.1) is 0 Å². The van der Waals surface area contributed by atoms with E-state index in [9.17, 15) is 9.59 Å². The van der Waals surface area contributed by atoms with Crippen molar-refractivity contribution < 1.29 is 14.5 Å². The Kier molecular flexibility index (Phi) is 7.35. The van der Waals surface area contributed by atoms with Crippen molar-refractivity contribution in [2.45, 2.75) is 40.7 Å². The molecule has 2 atom stereocenters. The fourth-order valence-corrected chi connectivity index (χ4v) is 3.10. The summed E-state index contributed by atoms with van der Waals surface area (Å²) >= 11 is 0. The van der Waals surface area contributed by atoms with Gasteiger partial charge in [-0.05, 0) is 68.5 Å². The average Bonchev–Trinajstić information content (AvgIpc) is 2.60. The van der Waals surface area contributed by atoms with Gasteiger partial charge < -0.3 is 15.5 Å². The molecule has 0 aliphatic heterocycles. The molecular formula is C23H32N3O2+. The zero-order chi connectivity index (χ0) is 20.8. The Morgan fingerprint density at radius 2 is 1.61 bits per heavy atom. The number of hydrogen-bond donors (Lipinski definition) is 3. The van der Waals surface area contributed by atoms with Crippen LogP contribution < -0.4 is 15.5 Å². The van der Waals surface area contributed by atoms with Crippen LogP contribution in [-0.2, 0) is 9.59 Å². The highest BCUT2D eigenvalue weighted by Crippen LogP contribution is 2.18. The van der Waals surface area contributed by atoms with E-state index in [1.165, 1.54) is 11.1 Å². The van der Waals surface area contributed by atoms with E-state index in [-0.39, 0.29) is 30.9 Å². The molecule has 2 rings (SSSR count). The fraction of sp³-hybridized carbons (Fsp3) is 0.391. The number of benzene rings is 2. The molecule has 150 valence electrons. The van der Waals surface area contributed by atoms with Crippen molar-refractivity contribution in [3.05, 3.63) is 64.2 Å². The maximum atomic E-state index is 12.4. The summed E-state index contributed by atoms with van der Waals surface area (Å²) in [6, 6.07) is 12.0. The molecule has 0 saturated carbocycles. The second-order valence-electron chi connectivity index (χ2n) is 7.74. The molecule has 0 fully saturated rings. The largest absolute Gasteiger partial charge is 0.345 e. The van der Waals surface area contributed by atoms with Crippen molar-refractivity contribution in [3.8, 4) is 0 Å². The molecule has 0 heterocycles. The predicted octanol–water partition coefficient (Wildman–Crippen LogP) is 2.25. The Bertz CT molecular complexity index is 861. The molecule has 1 unspecified atom stereocenters. The molecule has 0 saturated heterocycles. The number of quaternary nitrogens is 1. The molecule has 5 nitrogen and oxygen atoms in total. The van der Waals surface area contributed by atoms with E-state index in [1.54, 1.807) is 0 Å². The number of nitrogens with one attached hydrogen (secondary N) is 3. The summed E-state index contributed by atoms with van der Waals surface area (Å²) in [5.74, 6) is -0.163. The highest BCUT2D eigenvalue weighted by atomic mass is 16.2. The molecule has 28 heavy (non-hydrogen) atoms. The van der Waals surface area contributed by atoms with Crippen molar-refractivity contribution in [1.82, 2.24) is 5.32 Å². The lowest BCUT2D eigenvalue weighted by molar-refractivity contribution is -0.862. The summed E-state index contributed by atoms with van der Waals surface area (Å²) in [5, 5.41) is 5.96. The lowest BCUT2D eigenvalue weighted by atomic mass is 10.0. The second kappa shape index (κ2) is 9.51. The van der Waals surface area contributed by atoms with Gasteiger partial charge in [0, 0.05) is 5.69 Å². The van der Waals surface area contributed by atoms with Crippen molar-refractivity contribution >= 4 is 17.5 Å². The molecule has 2 aromatic rings.